The molecule has 106 valence electrons. The van der Waals surface area contributed by atoms with Crippen molar-refractivity contribution in [3.05, 3.63) is 12.2 Å². The van der Waals surface area contributed by atoms with Crippen LogP contribution in [0.25, 0.3) is 0 Å². The number of hydrogen-bond donors (Lipinski definition) is 0. The maximum atomic E-state index is 14.1. The number of halogens is 7. The third kappa shape index (κ3) is 1.64. The van der Waals surface area contributed by atoms with Crippen molar-refractivity contribution >= 4 is 0 Å². The van der Waals surface area contributed by atoms with E-state index in [-0.39, 0.29) is 11.0 Å². The molecule has 1 nitrogen and oxygen atoms in total. The Balaban J connectivity index is 3.42. The van der Waals surface area contributed by atoms with Gasteiger partial charge in [-0.15, -0.1) is 0 Å². The van der Waals surface area contributed by atoms with Gasteiger partial charge in [-0.25, -0.2) is 4.39 Å². The first kappa shape index (κ1) is 15.3. The zero-order valence-electron chi connectivity index (χ0n) is 9.83. The highest BCUT2D eigenvalue weighted by Crippen LogP contribution is 2.56. The second kappa shape index (κ2) is 3.85. The highest BCUT2D eigenvalue weighted by molar-refractivity contribution is 5.25. The van der Waals surface area contributed by atoms with Crippen molar-refractivity contribution in [3.8, 4) is 0 Å². The van der Waals surface area contributed by atoms with Crippen molar-refractivity contribution in [1.29, 1.82) is 0 Å². The van der Waals surface area contributed by atoms with Gasteiger partial charge in [-0.3, -0.25) is 4.90 Å². The topological polar surface area (TPSA) is 3.24 Å². The van der Waals surface area contributed by atoms with Gasteiger partial charge in [-0.2, -0.15) is 26.3 Å². The molecule has 0 heterocycles. The maximum Gasteiger partial charge on any atom is 0.380 e. The number of likely N-dealkylation sites (N-methyl/N-ethyl adjacent to an activating group) is 1. The molecule has 1 unspecified atom stereocenters. The van der Waals surface area contributed by atoms with Gasteiger partial charge in [0.05, 0.1) is 0 Å². The summed E-state index contributed by atoms with van der Waals surface area (Å²) in [7, 11) is 0.822. The van der Waals surface area contributed by atoms with Crippen LogP contribution in [0.4, 0.5) is 30.7 Å². The summed E-state index contributed by atoms with van der Waals surface area (Å²) in [5.74, 6) is -20.4. The van der Waals surface area contributed by atoms with Crippen LogP contribution in [0, 0.1) is 0 Å². The Kier molecular flexibility index (Phi) is 3.27. The molecule has 0 aromatic carbocycles. The summed E-state index contributed by atoms with van der Waals surface area (Å²) in [5.41, 5.74) is 0. The van der Waals surface area contributed by atoms with Crippen LogP contribution < -0.4 is 0 Å². The molecule has 0 fully saturated rings. The van der Waals surface area contributed by atoms with Crippen molar-refractivity contribution in [2.24, 2.45) is 0 Å². The molecule has 1 atom stereocenters. The Morgan fingerprint density at radius 2 is 1.28 bits per heavy atom. The second-order valence-corrected chi connectivity index (χ2v) is 4.48. The van der Waals surface area contributed by atoms with E-state index in [2.05, 4.69) is 0 Å². The van der Waals surface area contributed by atoms with Gasteiger partial charge in [0, 0.05) is 6.04 Å². The van der Waals surface area contributed by atoms with Crippen molar-refractivity contribution < 1.29 is 30.7 Å². The summed E-state index contributed by atoms with van der Waals surface area (Å²) >= 11 is 0. The van der Waals surface area contributed by atoms with E-state index in [1.165, 1.54) is 13.8 Å². The van der Waals surface area contributed by atoms with Gasteiger partial charge in [-0.05, 0) is 33.0 Å². The minimum absolute atomic E-state index is 0.204. The summed E-state index contributed by atoms with van der Waals surface area (Å²) < 4.78 is 92.7. The molecule has 1 rings (SSSR count). The van der Waals surface area contributed by atoms with E-state index in [9.17, 15) is 30.7 Å². The lowest BCUT2D eigenvalue weighted by molar-refractivity contribution is -0.352. The van der Waals surface area contributed by atoms with Gasteiger partial charge in [0.1, 0.15) is 0 Å². The van der Waals surface area contributed by atoms with Crippen LogP contribution in [0.15, 0.2) is 12.2 Å². The molecule has 0 saturated heterocycles. The molecule has 0 bridgehead atoms. The SMILES string of the molecule is CC(C)N(C)C1(F)C=CC(F)(F)C(F)(F)C1(F)F. The summed E-state index contributed by atoms with van der Waals surface area (Å²) in [6.45, 7) is 2.55. The van der Waals surface area contributed by atoms with Crippen LogP contribution in [0.1, 0.15) is 13.8 Å². The first-order chi connectivity index (χ1) is 7.81. The molecule has 0 saturated carbocycles. The van der Waals surface area contributed by atoms with Crippen LogP contribution in [-0.2, 0) is 0 Å². The third-order valence-electron chi connectivity index (χ3n) is 3.05. The Labute approximate surface area is 99.2 Å². The summed E-state index contributed by atoms with van der Waals surface area (Å²) in [6, 6.07) is -0.881. The largest absolute Gasteiger partial charge is 0.380 e. The highest BCUT2D eigenvalue weighted by Gasteiger charge is 2.81. The maximum absolute atomic E-state index is 14.1. The van der Waals surface area contributed by atoms with E-state index >= 15 is 0 Å². The minimum atomic E-state index is -5.80. The Morgan fingerprint density at radius 1 is 0.833 bits per heavy atom. The zero-order chi connectivity index (χ0) is 14.6. The Hall–Kier alpha value is -0.790. The zero-order valence-corrected chi connectivity index (χ0v) is 9.83. The fourth-order valence-corrected chi connectivity index (χ4v) is 1.57. The monoisotopic (exact) mass is 279 g/mol. The van der Waals surface area contributed by atoms with Crippen LogP contribution in [0.5, 0.6) is 0 Å². The van der Waals surface area contributed by atoms with Crippen LogP contribution in [-0.4, -0.2) is 41.5 Å². The molecule has 18 heavy (non-hydrogen) atoms. The first-order valence-corrected chi connectivity index (χ1v) is 5.07. The van der Waals surface area contributed by atoms with Gasteiger partial charge in [0.25, 0.3) is 5.79 Å². The third-order valence-corrected chi connectivity index (χ3v) is 3.05. The number of nitrogens with zero attached hydrogens (tertiary/aromatic N) is 1. The highest BCUT2D eigenvalue weighted by atomic mass is 19.3. The molecule has 0 aromatic rings. The van der Waals surface area contributed by atoms with Crippen molar-refractivity contribution in [2.75, 3.05) is 7.05 Å². The molecular weight excluding hydrogens is 267 g/mol. The van der Waals surface area contributed by atoms with Crippen molar-refractivity contribution in [2.45, 2.75) is 43.4 Å². The second-order valence-electron chi connectivity index (χ2n) is 4.48. The van der Waals surface area contributed by atoms with Crippen molar-refractivity contribution in [3.63, 3.8) is 0 Å². The predicted octanol–water partition coefficient (Wildman–Crippen LogP) is 3.47. The Bertz CT molecular complexity index is 363. The number of allylic oxidation sites excluding steroid dienone is 1. The molecule has 1 aliphatic carbocycles. The van der Waals surface area contributed by atoms with Gasteiger partial charge in [0.2, 0.25) is 0 Å². The number of rotatable bonds is 2. The molecule has 1 aliphatic rings. The predicted molar refractivity (Wildman–Crippen MR) is 50.7 cm³/mol. The van der Waals surface area contributed by atoms with Gasteiger partial charge >= 0.3 is 17.8 Å². The molecule has 0 N–H and O–H groups in total. The van der Waals surface area contributed by atoms with Crippen LogP contribution >= 0.6 is 0 Å². The summed E-state index contributed by atoms with van der Waals surface area (Å²) in [4.78, 5) is 0.284. The van der Waals surface area contributed by atoms with E-state index in [4.69, 9.17) is 0 Å². The molecule has 0 spiro atoms. The normalized spacial score (nSPS) is 33.1. The number of alkyl halides is 7. The lowest BCUT2D eigenvalue weighted by atomic mass is 9.87. The molecule has 0 aliphatic heterocycles. The molecule has 0 amide bonds. The fourth-order valence-electron chi connectivity index (χ4n) is 1.57. The molecular formula is C10H12F7N. The van der Waals surface area contributed by atoms with E-state index in [0.29, 0.717) is 0 Å². The van der Waals surface area contributed by atoms with Gasteiger partial charge in [0.15, 0.2) is 0 Å². The fraction of sp³-hybridized carbons (Fsp3) is 0.800. The van der Waals surface area contributed by atoms with Gasteiger partial charge in [-0.1, -0.05) is 0 Å². The lowest BCUT2D eigenvalue weighted by Crippen LogP contribution is -2.70. The van der Waals surface area contributed by atoms with E-state index < -0.39 is 35.7 Å². The minimum Gasteiger partial charge on any atom is -0.263 e. The molecule has 0 aromatic heterocycles. The van der Waals surface area contributed by atoms with Gasteiger partial charge < -0.3 is 0 Å². The first-order valence-electron chi connectivity index (χ1n) is 5.07. The molecule has 8 heteroatoms. The summed E-state index contributed by atoms with van der Waals surface area (Å²) in [5, 5.41) is 0. The van der Waals surface area contributed by atoms with Crippen LogP contribution in [0.3, 0.4) is 0 Å². The summed E-state index contributed by atoms with van der Waals surface area (Å²) in [6.07, 6.45) is -0.715. The van der Waals surface area contributed by atoms with Crippen molar-refractivity contribution in [1.82, 2.24) is 4.90 Å². The number of hydrogen-bond acceptors (Lipinski definition) is 1. The smallest absolute Gasteiger partial charge is 0.263 e. The lowest BCUT2D eigenvalue weighted by Gasteiger charge is -2.46. The van der Waals surface area contributed by atoms with E-state index in [1.807, 2.05) is 0 Å². The quantitative estimate of drug-likeness (QED) is 0.425. The standard InChI is InChI=1S/C10H12F7N/c1-6(2)18(3)8(13)5-4-7(11,12)9(14,15)10(8,16)17/h4-6H,1-3H3. The van der Waals surface area contributed by atoms with E-state index in [0.717, 1.165) is 7.05 Å². The average Bonchev–Trinajstić information content (AvgIpc) is 2.22. The Morgan fingerprint density at radius 3 is 1.67 bits per heavy atom. The molecule has 0 radical (unpaired) electrons. The van der Waals surface area contributed by atoms with Crippen LogP contribution in [0.2, 0.25) is 0 Å². The average molecular weight is 279 g/mol. The van der Waals surface area contributed by atoms with E-state index in [1.54, 1.807) is 0 Å².